The van der Waals surface area contributed by atoms with Gasteiger partial charge < -0.3 is 20.1 Å². The van der Waals surface area contributed by atoms with Crippen LogP contribution < -0.4 is 4.90 Å². The van der Waals surface area contributed by atoms with Crippen molar-refractivity contribution in [1.82, 2.24) is 9.55 Å². The van der Waals surface area contributed by atoms with Gasteiger partial charge in [-0.1, -0.05) is 0 Å². The van der Waals surface area contributed by atoms with Crippen LogP contribution in [0.4, 0.5) is 11.6 Å². The highest BCUT2D eigenvalue weighted by Crippen LogP contribution is 2.28. The fourth-order valence-electron chi connectivity index (χ4n) is 2.05. The van der Waals surface area contributed by atoms with E-state index in [9.17, 15) is 15.2 Å². The van der Waals surface area contributed by atoms with Crippen LogP contribution in [0.5, 0.6) is 0 Å². The van der Waals surface area contributed by atoms with E-state index in [0.29, 0.717) is 12.4 Å². The molecule has 2 rings (SSSR count). The molecule has 0 aliphatic carbocycles. The van der Waals surface area contributed by atoms with Gasteiger partial charge >= 0.3 is 5.82 Å². The van der Waals surface area contributed by atoms with E-state index >= 15 is 0 Å². The van der Waals surface area contributed by atoms with Crippen molar-refractivity contribution < 1.29 is 10.0 Å². The molecular formula is C9H14N4O3. The van der Waals surface area contributed by atoms with Crippen LogP contribution >= 0.6 is 0 Å². The summed E-state index contributed by atoms with van der Waals surface area (Å²) < 4.78 is 1.62. The fourth-order valence-corrected chi connectivity index (χ4v) is 2.05. The first kappa shape index (κ1) is 10.9. The van der Waals surface area contributed by atoms with Gasteiger partial charge in [-0.2, -0.15) is 0 Å². The molecule has 1 N–H and O–H groups in total. The summed E-state index contributed by atoms with van der Waals surface area (Å²) in [6.07, 6.45) is 2.60. The van der Waals surface area contributed by atoms with Gasteiger partial charge in [-0.3, -0.25) is 4.57 Å². The average Bonchev–Trinajstić information content (AvgIpc) is 2.60. The maximum atomic E-state index is 10.8. The molecule has 2 heterocycles. The van der Waals surface area contributed by atoms with Crippen molar-refractivity contribution in [3.63, 3.8) is 0 Å². The smallest absolute Gasteiger partial charge is 0.391 e. The second-order valence-corrected chi connectivity index (χ2v) is 4.00. The van der Waals surface area contributed by atoms with E-state index in [1.54, 1.807) is 11.6 Å². The third-order valence-corrected chi connectivity index (χ3v) is 2.76. The van der Waals surface area contributed by atoms with Crippen LogP contribution in [0.2, 0.25) is 0 Å². The lowest BCUT2D eigenvalue weighted by Crippen LogP contribution is -2.39. The number of rotatable bonds is 2. The van der Waals surface area contributed by atoms with Crippen LogP contribution in [-0.2, 0) is 7.05 Å². The highest BCUT2D eigenvalue weighted by molar-refractivity contribution is 5.54. The molecular weight excluding hydrogens is 212 g/mol. The van der Waals surface area contributed by atoms with Gasteiger partial charge in [0.1, 0.15) is 0 Å². The molecule has 1 atom stereocenters. The number of nitro groups is 1. The van der Waals surface area contributed by atoms with E-state index in [2.05, 4.69) is 4.98 Å². The van der Waals surface area contributed by atoms with E-state index in [-0.39, 0.29) is 5.82 Å². The first-order valence-electron chi connectivity index (χ1n) is 5.18. The summed E-state index contributed by atoms with van der Waals surface area (Å²) in [5.41, 5.74) is 0. The lowest BCUT2D eigenvalue weighted by molar-refractivity contribution is -0.388. The molecule has 1 aliphatic rings. The van der Waals surface area contributed by atoms with Gasteiger partial charge in [0, 0.05) is 20.1 Å². The van der Waals surface area contributed by atoms with E-state index in [4.69, 9.17) is 0 Å². The fraction of sp³-hybridized carbons (Fsp3) is 0.667. The average molecular weight is 226 g/mol. The molecule has 7 nitrogen and oxygen atoms in total. The molecule has 16 heavy (non-hydrogen) atoms. The van der Waals surface area contributed by atoms with Crippen molar-refractivity contribution in [2.45, 2.75) is 18.9 Å². The highest BCUT2D eigenvalue weighted by atomic mass is 16.6. The molecule has 1 aliphatic heterocycles. The molecule has 0 aromatic carbocycles. The number of piperidine rings is 1. The van der Waals surface area contributed by atoms with Crippen molar-refractivity contribution in [2.75, 3.05) is 18.0 Å². The number of aromatic nitrogens is 2. The van der Waals surface area contributed by atoms with E-state index in [1.165, 1.54) is 6.33 Å². The second kappa shape index (κ2) is 4.09. The minimum absolute atomic E-state index is 0.142. The Balaban J connectivity index is 2.31. The summed E-state index contributed by atoms with van der Waals surface area (Å²) in [6.45, 7) is 1.15. The second-order valence-electron chi connectivity index (χ2n) is 4.00. The Morgan fingerprint density at radius 1 is 1.69 bits per heavy atom. The zero-order valence-electron chi connectivity index (χ0n) is 9.04. The Bertz CT molecular complexity index is 403. The summed E-state index contributed by atoms with van der Waals surface area (Å²) >= 11 is 0. The number of aliphatic hydroxyl groups is 1. The zero-order valence-corrected chi connectivity index (χ0v) is 9.04. The lowest BCUT2D eigenvalue weighted by atomic mass is 10.1. The van der Waals surface area contributed by atoms with Crippen LogP contribution in [0.15, 0.2) is 6.33 Å². The Morgan fingerprint density at radius 2 is 2.44 bits per heavy atom. The van der Waals surface area contributed by atoms with Crippen molar-refractivity contribution in [3.8, 4) is 0 Å². The maximum absolute atomic E-state index is 10.8. The predicted octanol–water partition coefficient (Wildman–Crippen LogP) is 0.289. The van der Waals surface area contributed by atoms with Crippen LogP contribution in [-0.4, -0.2) is 38.8 Å². The molecule has 0 bridgehead atoms. The predicted molar refractivity (Wildman–Crippen MR) is 57.3 cm³/mol. The summed E-state index contributed by atoms with van der Waals surface area (Å²) in [4.78, 5) is 15.9. The number of imidazole rings is 1. The van der Waals surface area contributed by atoms with Crippen LogP contribution in [0.1, 0.15) is 12.8 Å². The minimum atomic E-state index is -0.490. The zero-order chi connectivity index (χ0) is 11.7. The number of hydrogen-bond donors (Lipinski definition) is 1. The quantitative estimate of drug-likeness (QED) is 0.578. The Kier molecular flexibility index (Phi) is 2.78. The molecule has 7 heteroatoms. The number of nitrogens with zero attached hydrogens (tertiary/aromatic N) is 4. The highest BCUT2D eigenvalue weighted by Gasteiger charge is 2.28. The molecule has 0 spiro atoms. The SMILES string of the molecule is Cn1cnc([N+](=O)[O-])c1N1CCC[C@H](O)C1. The molecule has 88 valence electrons. The number of anilines is 1. The summed E-state index contributed by atoms with van der Waals surface area (Å²) in [7, 11) is 1.72. The van der Waals surface area contributed by atoms with Crippen LogP contribution in [0, 0.1) is 10.1 Å². The molecule has 0 unspecified atom stereocenters. The molecule has 1 fully saturated rings. The van der Waals surface area contributed by atoms with Crippen molar-refractivity contribution in [3.05, 3.63) is 16.4 Å². The lowest BCUT2D eigenvalue weighted by Gasteiger charge is -2.30. The Morgan fingerprint density at radius 3 is 3.06 bits per heavy atom. The first-order chi connectivity index (χ1) is 7.59. The topological polar surface area (TPSA) is 84.4 Å². The number of aryl methyl sites for hydroxylation is 1. The molecule has 1 saturated heterocycles. The molecule has 0 radical (unpaired) electrons. The van der Waals surface area contributed by atoms with Gasteiger partial charge in [0.2, 0.25) is 12.1 Å². The number of hydrogen-bond acceptors (Lipinski definition) is 5. The van der Waals surface area contributed by atoms with Gasteiger partial charge in [0.05, 0.1) is 6.10 Å². The Labute approximate surface area is 92.5 Å². The monoisotopic (exact) mass is 226 g/mol. The van der Waals surface area contributed by atoms with Crippen molar-refractivity contribution in [1.29, 1.82) is 0 Å². The van der Waals surface area contributed by atoms with Gasteiger partial charge in [-0.25, -0.2) is 0 Å². The van der Waals surface area contributed by atoms with Gasteiger partial charge in [-0.15, -0.1) is 0 Å². The number of β-amino-alcohol motifs (C(OH)–C–C–N with tert-alkyl or cyclic N) is 1. The van der Waals surface area contributed by atoms with Crippen molar-refractivity contribution in [2.24, 2.45) is 7.05 Å². The van der Waals surface area contributed by atoms with Crippen LogP contribution in [0.3, 0.4) is 0 Å². The molecule has 0 saturated carbocycles. The largest absolute Gasteiger partial charge is 0.406 e. The standard InChI is InChI=1S/C9H14N4O3/c1-11-6-10-8(13(15)16)9(11)12-4-2-3-7(14)5-12/h6-7,14H,2-5H2,1H3/t7-/m0/s1. The Hall–Kier alpha value is -1.63. The summed E-state index contributed by atoms with van der Waals surface area (Å²) in [5.74, 6) is 0.334. The number of aliphatic hydroxyl groups excluding tert-OH is 1. The van der Waals surface area contributed by atoms with Gasteiger partial charge in [0.25, 0.3) is 0 Å². The van der Waals surface area contributed by atoms with E-state index < -0.39 is 11.0 Å². The normalized spacial score (nSPS) is 21.1. The van der Waals surface area contributed by atoms with Crippen molar-refractivity contribution >= 4 is 11.6 Å². The first-order valence-corrected chi connectivity index (χ1v) is 5.18. The van der Waals surface area contributed by atoms with E-state index in [0.717, 1.165) is 19.4 Å². The third kappa shape index (κ3) is 1.85. The maximum Gasteiger partial charge on any atom is 0.406 e. The van der Waals surface area contributed by atoms with Gasteiger partial charge in [0.15, 0.2) is 0 Å². The van der Waals surface area contributed by atoms with Crippen LogP contribution in [0.25, 0.3) is 0 Å². The minimum Gasteiger partial charge on any atom is -0.391 e. The summed E-state index contributed by atoms with van der Waals surface area (Å²) in [5, 5.41) is 20.4. The molecule has 1 aromatic heterocycles. The van der Waals surface area contributed by atoms with E-state index in [1.807, 2.05) is 4.90 Å². The third-order valence-electron chi connectivity index (χ3n) is 2.76. The molecule has 0 amide bonds. The van der Waals surface area contributed by atoms with Gasteiger partial charge in [-0.05, 0) is 22.7 Å². The molecule has 1 aromatic rings. The summed E-state index contributed by atoms with van der Waals surface area (Å²) in [6, 6.07) is 0.